The topological polar surface area (TPSA) is 91.2 Å². The molecule has 2 aromatic rings. The zero-order valence-corrected chi connectivity index (χ0v) is 15.0. The van der Waals surface area contributed by atoms with Gasteiger partial charge in [0.1, 0.15) is 17.2 Å². The number of nitrogens with zero attached hydrogens (tertiary/aromatic N) is 4. The van der Waals surface area contributed by atoms with Crippen LogP contribution in [0.15, 0.2) is 23.4 Å². The Hall–Kier alpha value is -2.29. The first-order chi connectivity index (χ1) is 11.5. The molecule has 0 unspecified atom stereocenters. The third-order valence-corrected chi connectivity index (χ3v) is 4.01. The Morgan fingerprint density at radius 1 is 1.33 bits per heavy atom. The van der Waals surface area contributed by atoms with Gasteiger partial charge in [-0.1, -0.05) is 25.6 Å². The number of ether oxygens (including phenoxy) is 2. The van der Waals surface area contributed by atoms with E-state index < -0.39 is 0 Å². The van der Waals surface area contributed by atoms with Gasteiger partial charge in [-0.3, -0.25) is 4.79 Å². The molecule has 130 valence electrons. The van der Waals surface area contributed by atoms with Gasteiger partial charge in [0.15, 0.2) is 0 Å². The molecule has 1 heterocycles. The second kappa shape index (κ2) is 8.53. The van der Waals surface area contributed by atoms with Crippen molar-refractivity contribution in [2.75, 3.05) is 26.5 Å². The van der Waals surface area contributed by atoms with E-state index in [-0.39, 0.29) is 11.7 Å². The third kappa shape index (κ3) is 4.60. The van der Waals surface area contributed by atoms with Crippen LogP contribution in [0, 0.1) is 5.92 Å². The molecule has 0 atom stereocenters. The van der Waals surface area contributed by atoms with Crippen LogP contribution in [-0.4, -0.2) is 52.6 Å². The van der Waals surface area contributed by atoms with Gasteiger partial charge < -0.3 is 14.8 Å². The lowest BCUT2D eigenvalue weighted by Crippen LogP contribution is -2.28. The molecule has 0 radical (unpaired) electrons. The molecule has 0 saturated carbocycles. The van der Waals surface area contributed by atoms with E-state index in [1.54, 1.807) is 32.4 Å². The maximum Gasteiger partial charge on any atom is 0.230 e. The number of thioether (sulfide) groups is 1. The van der Waals surface area contributed by atoms with Crippen LogP contribution >= 0.6 is 11.8 Å². The number of rotatable bonds is 8. The average Bonchev–Trinajstić information content (AvgIpc) is 3.05. The molecular weight excluding hydrogens is 330 g/mol. The Labute approximate surface area is 144 Å². The number of amides is 1. The van der Waals surface area contributed by atoms with Crippen molar-refractivity contribution in [2.24, 2.45) is 5.92 Å². The predicted octanol–water partition coefficient (Wildman–Crippen LogP) is 1.54. The lowest BCUT2D eigenvalue weighted by atomic mass is 10.2. The molecule has 1 aromatic heterocycles. The molecule has 8 nitrogen and oxygen atoms in total. The van der Waals surface area contributed by atoms with Gasteiger partial charge in [-0.25, -0.2) is 0 Å². The van der Waals surface area contributed by atoms with Crippen LogP contribution in [0.4, 0.5) is 0 Å². The normalized spacial score (nSPS) is 10.7. The van der Waals surface area contributed by atoms with Crippen molar-refractivity contribution >= 4 is 17.7 Å². The lowest BCUT2D eigenvalue weighted by Gasteiger charge is -2.11. The van der Waals surface area contributed by atoms with Crippen molar-refractivity contribution in [3.05, 3.63) is 18.2 Å². The molecule has 2 rings (SSSR count). The minimum Gasteiger partial charge on any atom is -0.497 e. The van der Waals surface area contributed by atoms with Gasteiger partial charge >= 0.3 is 0 Å². The monoisotopic (exact) mass is 351 g/mol. The molecule has 1 amide bonds. The molecule has 0 spiro atoms. The lowest BCUT2D eigenvalue weighted by molar-refractivity contribution is -0.118. The maximum atomic E-state index is 11.9. The summed E-state index contributed by atoms with van der Waals surface area (Å²) in [6.45, 7) is 4.74. The number of carbonyl (C=O) groups excluding carboxylic acids is 1. The highest BCUT2D eigenvalue weighted by Gasteiger charge is 2.16. The largest absolute Gasteiger partial charge is 0.497 e. The summed E-state index contributed by atoms with van der Waals surface area (Å²) in [5.41, 5.74) is 0.645. The van der Waals surface area contributed by atoms with Gasteiger partial charge in [0.25, 0.3) is 0 Å². The molecule has 0 saturated heterocycles. The highest BCUT2D eigenvalue weighted by atomic mass is 32.2. The third-order valence-electron chi connectivity index (χ3n) is 3.09. The maximum absolute atomic E-state index is 11.9. The summed E-state index contributed by atoms with van der Waals surface area (Å²) >= 11 is 1.26. The second-order valence-corrected chi connectivity index (χ2v) is 6.34. The van der Waals surface area contributed by atoms with Crippen LogP contribution in [0.5, 0.6) is 11.5 Å². The molecule has 0 aliphatic carbocycles. The Morgan fingerprint density at radius 3 is 2.79 bits per heavy atom. The Bertz CT molecular complexity index is 689. The fourth-order valence-electron chi connectivity index (χ4n) is 1.88. The zero-order valence-electron chi connectivity index (χ0n) is 14.1. The van der Waals surface area contributed by atoms with E-state index in [1.807, 2.05) is 13.8 Å². The van der Waals surface area contributed by atoms with Gasteiger partial charge in [0.05, 0.1) is 20.0 Å². The van der Waals surface area contributed by atoms with Crippen LogP contribution in [0.3, 0.4) is 0 Å². The number of benzene rings is 1. The minimum atomic E-state index is -0.0548. The van der Waals surface area contributed by atoms with Crippen LogP contribution < -0.4 is 14.8 Å². The first-order valence-corrected chi connectivity index (χ1v) is 8.44. The van der Waals surface area contributed by atoms with Gasteiger partial charge in [0, 0.05) is 12.6 Å². The number of hydrogen-bond acceptors (Lipinski definition) is 7. The Morgan fingerprint density at radius 2 is 2.12 bits per heavy atom. The zero-order chi connectivity index (χ0) is 17.5. The highest BCUT2D eigenvalue weighted by molar-refractivity contribution is 7.99. The molecule has 0 bridgehead atoms. The summed E-state index contributed by atoms with van der Waals surface area (Å²) in [4.78, 5) is 11.9. The number of nitrogens with one attached hydrogen (secondary N) is 1. The van der Waals surface area contributed by atoms with E-state index in [2.05, 4.69) is 20.8 Å². The van der Waals surface area contributed by atoms with E-state index in [4.69, 9.17) is 9.47 Å². The Balaban J connectivity index is 2.14. The number of carbonyl (C=O) groups is 1. The molecule has 0 aliphatic rings. The first kappa shape index (κ1) is 18.1. The summed E-state index contributed by atoms with van der Waals surface area (Å²) in [6.07, 6.45) is 0. The van der Waals surface area contributed by atoms with Gasteiger partial charge in [0.2, 0.25) is 11.1 Å². The quantitative estimate of drug-likeness (QED) is 0.721. The van der Waals surface area contributed by atoms with Crippen LogP contribution in [0.25, 0.3) is 5.69 Å². The second-order valence-electron chi connectivity index (χ2n) is 5.40. The van der Waals surface area contributed by atoms with E-state index >= 15 is 0 Å². The summed E-state index contributed by atoms with van der Waals surface area (Å²) in [5, 5.41) is 15.0. The first-order valence-electron chi connectivity index (χ1n) is 7.45. The molecule has 9 heteroatoms. The number of tetrazole rings is 1. The van der Waals surface area contributed by atoms with Crippen molar-refractivity contribution in [1.29, 1.82) is 0 Å². The van der Waals surface area contributed by atoms with Crippen molar-refractivity contribution in [3.63, 3.8) is 0 Å². The average molecular weight is 351 g/mol. The number of methoxy groups -OCH3 is 2. The molecule has 24 heavy (non-hydrogen) atoms. The minimum absolute atomic E-state index is 0.0548. The van der Waals surface area contributed by atoms with Crippen LogP contribution in [0.2, 0.25) is 0 Å². The fourth-order valence-corrected chi connectivity index (χ4v) is 2.60. The number of aromatic nitrogens is 4. The van der Waals surface area contributed by atoms with Crippen molar-refractivity contribution < 1.29 is 14.3 Å². The molecular formula is C15H21N5O3S. The van der Waals surface area contributed by atoms with Crippen LogP contribution in [-0.2, 0) is 4.79 Å². The summed E-state index contributed by atoms with van der Waals surface area (Å²) in [5.74, 6) is 1.85. The van der Waals surface area contributed by atoms with E-state index in [9.17, 15) is 4.79 Å². The van der Waals surface area contributed by atoms with Gasteiger partial charge in [-0.2, -0.15) is 4.68 Å². The summed E-state index contributed by atoms with van der Waals surface area (Å²) in [6, 6.07) is 5.34. The van der Waals surface area contributed by atoms with Gasteiger partial charge in [-0.05, 0) is 28.5 Å². The van der Waals surface area contributed by atoms with Crippen molar-refractivity contribution in [3.8, 4) is 17.2 Å². The molecule has 0 aliphatic heterocycles. The Kier molecular flexibility index (Phi) is 6.42. The van der Waals surface area contributed by atoms with Crippen molar-refractivity contribution in [2.45, 2.75) is 19.0 Å². The smallest absolute Gasteiger partial charge is 0.230 e. The SMILES string of the molecule is COc1ccc(OC)c(-n2nnnc2SCC(=O)NCC(C)C)c1. The molecule has 1 N–H and O–H groups in total. The summed E-state index contributed by atoms with van der Waals surface area (Å²) < 4.78 is 12.1. The number of hydrogen-bond donors (Lipinski definition) is 1. The predicted molar refractivity (Wildman–Crippen MR) is 90.8 cm³/mol. The highest BCUT2D eigenvalue weighted by Crippen LogP contribution is 2.29. The van der Waals surface area contributed by atoms with E-state index in [0.29, 0.717) is 34.8 Å². The van der Waals surface area contributed by atoms with Crippen LogP contribution in [0.1, 0.15) is 13.8 Å². The van der Waals surface area contributed by atoms with Crippen molar-refractivity contribution in [1.82, 2.24) is 25.5 Å². The van der Waals surface area contributed by atoms with Gasteiger partial charge in [-0.15, -0.1) is 5.10 Å². The van der Waals surface area contributed by atoms with E-state index in [0.717, 1.165) is 0 Å². The molecule has 0 fully saturated rings. The fraction of sp³-hybridized carbons (Fsp3) is 0.467. The summed E-state index contributed by atoms with van der Waals surface area (Å²) in [7, 11) is 3.15. The van der Waals surface area contributed by atoms with E-state index in [1.165, 1.54) is 16.4 Å². The standard InChI is InChI=1S/C15H21N5O3S/c1-10(2)8-16-14(21)9-24-15-17-18-19-20(15)12-7-11(22-3)5-6-13(12)23-4/h5-7,10H,8-9H2,1-4H3,(H,16,21). The molecule has 1 aromatic carbocycles.